The molecule has 0 saturated carbocycles. The van der Waals surface area contributed by atoms with E-state index in [4.69, 9.17) is 0 Å². The minimum absolute atomic E-state index is 0.0227. The fourth-order valence-electron chi connectivity index (χ4n) is 3.28. The lowest BCUT2D eigenvalue weighted by atomic mass is 10.00. The first-order valence-corrected chi connectivity index (χ1v) is 9.18. The largest absolute Gasteiger partial charge is 0.339 e. The fraction of sp³-hybridized carbons (Fsp3) is 0.182. The standard InChI is InChI=1S/C22H20N4O2/c1-15(27)16-6-8-19(9-7-16)23-21-11-10-20(24-25-21)22(28)26-13-12-17-4-2-3-5-18(17)14-26/h2-11H,12-14H2,1H3,(H,23,25). The van der Waals surface area contributed by atoms with Crippen LogP contribution >= 0.6 is 0 Å². The second-order valence-electron chi connectivity index (χ2n) is 6.81. The number of carbonyl (C=O) groups excluding carboxylic acids is 2. The number of rotatable bonds is 4. The average molecular weight is 372 g/mol. The van der Waals surface area contributed by atoms with Crippen molar-refractivity contribution in [3.05, 3.63) is 83.0 Å². The number of amides is 1. The van der Waals surface area contributed by atoms with E-state index in [1.54, 1.807) is 29.2 Å². The van der Waals surface area contributed by atoms with Crippen LogP contribution in [0.1, 0.15) is 38.9 Å². The van der Waals surface area contributed by atoms with Crippen molar-refractivity contribution in [1.29, 1.82) is 0 Å². The Morgan fingerprint density at radius 2 is 1.68 bits per heavy atom. The zero-order valence-corrected chi connectivity index (χ0v) is 15.6. The van der Waals surface area contributed by atoms with Crippen LogP contribution in [0.15, 0.2) is 60.7 Å². The Kier molecular flexibility index (Phi) is 4.85. The van der Waals surface area contributed by atoms with Crippen LogP contribution in [-0.2, 0) is 13.0 Å². The molecule has 1 aromatic heterocycles. The highest BCUT2D eigenvalue weighted by Crippen LogP contribution is 2.20. The van der Waals surface area contributed by atoms with Gasteiger partial charge in [-0.25, -0.2) is 0 Å². The Hall–Kier alpha value is -3.54. The predicted octanol–water partition coefficient (Wildman–Crippen LogP) is 3.62. The molecule has 2 aromatic carbocycles. The minimum Gasteiger partial charge on any atom is -0.339 e. The van der Waals surface area contributed by atoms with Gasteiger partial charge in [-0.2, -0.15) is 0 Å². The second kappa shape index (κ2) is 7.60. The topological polar surface area (TPSA) is 75.2 Å². The highest BCUT2D eigenvalue weighted by Gasteiger charge is 2.22. The summed E-state index contributed by atoms with van der Waals surface area (Å²) >= 11 is 0. The van der Waals surface area contributed by atoms with Crippen LogP contribution in [0.25, 0.3) is 0 Å². The average Bonchev–Trinajstić information content (AvgIpc) is 2.74. The van der Waals surface area contributed by atoms with Gasteiger partial charge in [0.2, 0.25) is 0 Å². The summed E-state index contributed by atoms with van der Waals surface area (Å²) in [6, 6.07) is 18.7. The highest BCUT2D eigenvalue weighted by molar-refractivity contribution is 5.94. The lowest BCUT2D eigenvalue weighted by Gasteiger charge is -2.28. The number of ketones is 1. The van der Waals surface area contributed by atoms with Gasteiger partial charge in [-0.1, -0.05) is 24.3 Å². The molecule has 140 valence electrons. The van der Waals surface area contributed by atoms with E-state index in [-0.39, 0.29) is 11.7 Å². The molecule has 1 aliphatic heterocycles. The first kappa shape index (κ1) is 17.9. The Morgan fingerprint density at radius 1 is 0.929 bits per heavy atom. The maximum Gasteiger partial charge on any atom is 0.274 e. The number of nitrogens with one attached hydrogen (secondary N) is 1. The van der Waals surface area contributed by atoms with Crippen molar-refractivity contribution in [2.24, 2.45) is 0 Å². The third-order valence-electron chi connectivity index (χ3n) is 4.87. The zero-order valence-electron chi connectivity index (χ0n) is 15.6. The van der Waals surface area contributed by atoms with E-state index in [1.165, 1.54) is 18.1 Å². The van der Waals surface area contributed by atoms with Crippen LogP contribution in [-0.4, -0.2) is 33.3 Å². The molecular formula is C22H20N4O2. The molecular weight excluding hydrogens is 352 g/mol. The second-order valence-corrected chi connectivity index (χ2v) is 6.81. The van der Waals surface area contributed by atoms with E-state index in [0.717, 1.165) is 12.1 Å². The number of benzene rings is 2. The Labute approximate surface area is 163 Å². The van der Waals surface area contributed by atoms with Gasteiger partial charge >= 0.3 is 0 Å². The van der Waals surface area contributed by atoms with Gasteiger partial charge in [-0.3, -0.25) is 9.59 Å². The summed E-state index contributed by atoms with van der Waals surface area (Å²) < 4.78 is 0. The number of fused-ring (bicyclic) bond motifs is 1. The van der Waals surface area contributed by atoms with E-state index in [2.05, 4.69) is 27.6 Å². The Morgan fingerprint density at radius 3 is 2.36 bits per heavy atom. The summed E-state index contributed by atoms with van der Waals surface area (Å²) in [7, 11) is 0. The molecule has 0 spiro atoms. The monoisotopic (exact) mass is 372 g/mol. The fourth-order valence-corrected chi connectivity index (χ4v) is 3.28. The molecule has 0 aliphatic carbocycles. The molecule has 0 saturated heterocycles. The van der Waals surface area contributed by atoms with Gasteiger partial charge in [0.05, 0.1) is 0 Å². The smallest absolute Gasteiger partial charge is 0.274 e. The molecule has 28 heavy (non-hydrogen) atoms. The molecule has 1 amide bonds. The number of aromatic nitrogens is 2. The zero-order chi connectivity index (χ0) is 19.5. The number of hydrogen-bond donors (Lipinski definition) is 1. The van der Waals surface area contributed by atoms with E-state index in [9.17, 15) is 9.59 Å². The lowest BCUT2D eigenvalue weighted by molar-refractivity contribution is 0.0727. The van der Waals surface area contributed by atoms with Gasteiger partial charge in [-0.05, 0) is 60.9 Å². The van der Waals surface area contributed by atoms with E-state index in [0.29, 0.717) is 30.2 Å². The van der Waals surface area contributed by atoms with Crippen LogP contribution in [0, 0.1) is 0 Å². The normalized spacial score (nSPS) is 13.0. The van der Waals surface area contributed by atoms with Gasteiger partial charge in [0, 0.05) is 24.3 Å². The van der Waals surface area contributed by atoms with Gasteiger partial charge in [0.1, 0.15) is 0 Å². The van der Waals surface area contributed by atoms with Crippen molar-refractivity contribution in [3.8, 4) is 0 Å². The summed E-state index contributed by atoms with van der Waals surface area (Å²) in [5, 5.41) is 11.3. The SMILES string of the molecule is CC(=O)c1ccc(Nc2ccc(C(=O)N3CCc4ccccc4C3)nn2)cc1. The minimum atomic E-state index is -0.112. The van der Waals surface area contributed by atoms with Gasteiger partial charge in [0.15, 0.2) is 17.3 Å². The number of carbonyl (C=O) groups is 2. The molecule has 1 N–H and O–H groups in total. The third kappa shape index (κ3) is 3.76. The summed E-state index contributed by atoms with van der Waals surface area (Å²) in [5.41, 5.74) is 4.26. The molecule has 0 bridgehead atoms. The van der Waals surface area contributed by atoms with Crippen LogP contribution in [0.4, 0.5) is 11.5 Å². The van der Waals surface area contributed by atoms with Crippen LogP contribution in [0.5, 0.6) is 0 Å². The number of Topliss-reactive ketones (excluding diaryl/α,β-unsaturated/α-hetero) is 1. The number of nitrogens with zero attached hydrogens (tertiary/aromatic N) is 3. The summed E-state index contributed by atoms with van der Waals surface area (Å²) in [4.78, 5) is 25.9. The van der Waals surface area contributed by atoms with E-state index < -0.39 is 0 Å². The summed E-state index contributed by atoms with van der Waals surface area (Å²) in [6.07, 6.45) is 0.852. The van der Waals surface area contributed by atoms with E-state index in [1.807, 2.05) is 24.3 Å². The maximum absolute atomic E-state index is 12.8. The van der Waals surface area contributed by atoms with Crippen LogP contribution < -0.4 is 5.32 Å². The first-order chi connectivity index (χ1) is 13.6. The maximum atomic E-state index is 12.8. The Bertz CT molecular complexity index is 1010. The molecule has 2 heterocycles. The van der Waals surface area contributed by atoms with Crippen molar-refractivity contribution < 1.29 is 9.59 Å². The Balaban J connectivity index is 1.43. The van der Waals surface area contributed by atoms with Crippen LogP contribution in [0.3, 0.4) is 0 Å². The number of anilines is 2. The van der Waals surface area contributed by atoms with Crippen molar-refractivity contribution in [2.45, 2.75) is 19.9 Å². The first-order valence-electron chi connectivity index (χ1n) is 9.18. The molecule has 4 rings (SSSR count). The third-order valence-corrected chi connectivity index (χ3v) is 4.87. The lowest BCUT2D eigenvalue weighted by Crippen LogP contribution is -2.36. The van der Waals surface area contributed by atoms with Crippen molar-refractivity contribution >= 4 is 23.2 Å². The van der Waals surface area contributed by atoms with Crippen molar-refractivity contribution in [1.82, 2.24) is 15.1 Å². The summed E-state index contributed by atoms with van der Waals surface area (Å²) in [6.45, 7) is 2.81. The molecule has 3 aromatic rings. The molecule has 6 heteroatoms. The van der Waals surface area contributed by atoms with Crippen molar-refractivity contribution in [3.63, 3.8) is 0 Å². The highest BCUT2D eigenvalue weighted by atomic mass is 16.2. The molecule has 0 radical (unpaired) electrons. The molecule has 1 aliphatic rings. The van der Waals surface area contributed by atoms with Crippen LogP contribution in [0.2, 0.25) is 0 Å². The number of hydrogen-bond acceptors (Lipinski definition) is 5. The molecule has 0 unspecified atom stereocenters. The van der Waals surface area contributed by atoms with Gasteiger partial charge in [-0.15, -0.1) is 10.2 Å². The molecule has 0 atom stereocenters. The summed E-state index contributed by atoms with van der Waals surface area (Å²) in [5.74, 6) is 0.449. The molecule has 0 fully saturated rings. The van der Waals surface area contributed by atoms with E-state index >= 15 is 0 Å². The van der Waals surface area contributed by atoms with Gasteiger partial charge < -0.3 is 10.2 Å². The molecule has 6 nitrogen and oxygen atoms in total. The van der Waals surface area contributed by atoms with Gasteiger partial charge in [0.25, 0.3) is 5.91 Å². The quantitative estimate of drug-likeness (QED) is 0.708. The van der Waals surface area contributed by atoms with Crippen molar-refractivity contribution in [2.75, 3.05) is 11.9 Å². The predicted molar refractivity (Wildman–Crippen MR) is 107 cm³/mol.